The summed E-state index contributed by atoms with van der Waals surface area (Å²) in [6.07, 6.45) is 3.95. The first-order chi connectivity index (χ1) is 14.9. The number of hydrogen-bond donors (Lipinski definition) is 1. The number of likely N-dealkylation sites (N-methyl/N-ethyl adjacent to an activating group) is 1. The zero-order chi connectivity index (χ0) is 23.8. The minimum atomic E-state index is -6.09. The standard InChI is InChI=1S/C18H28N2O4.CHF3O3S/c1-20(9-11-22-12-10-20)8-4-2-3-5-15-6-7-16(21)17(19-15)18-23-13-14-24-18;2-1(3,4)8(5,6)7/h6-7,18H,2-5,8-14H2,1H3;(H,5,6,7). The van der Waals surface area contributed by atoms with Gasteiger partial charge in [-0.05, 0) is 37.8 Å². The van der Waals surface area contributed by atoms with Crippen molar-refractivity contribution >= 4 is 10.1 Å². The molecular formula is C19H29F3N2O7S. The Kier molecular flexibility index (Phi) is 9.67. The molecule has 1 N–H and O–H groups in total. The van der Waals surface area contributed by atoms with Crippen molar-refractivity contribution in [1.82, 2.24) is 4.98 Å². The van der Waals surface area contributed by atoms with Crippen molar-refractivity contribution in [2.24, 2.45) is 0 Å². The molecule has 13 heteroatoms. The maximum Gasteiger partial charge on any atom is 0.485 e. The third kappa shape index (κ3) is 8.45. The first-order valence-electron chi connectivity index (χ1n) is 10.3. The van der Waals surface area contributed by atoms with E-state index in [0.717, 1.165) is 49.3 Å². The van der Waals surface area contributed by atoms with Crippen molar-refractivity contribution < 1.29 is 49.9 Å². The van der Waals surface area contributed by atoms with Crippen LogP contribution in [0.4, 0.5) is 13.2 Å². The predicted octanol–water partition coefficient (Wildman–Crippen LogP) is 2.07. The highest BCUT2D eigenvalue weighted by Gasteiger charge is 2.37. The number of pyridine rings is 1. The molecule has 3 rings (SSSR count). The van der Waals surface area contributed by atoms with Gasteiger partial charge in [0, 0.05) is 5.69 Å². The zero-order valence-corrected chi connectivity index (χ0v) is 18.7. The van der Waals surface area contributed by atoms with Crippen LogP contribution in [-0.2, 0) is 30.7 Å². The molecule has 2 fully saturated rings. The highest BCUT2D eigenvalue weighted by molar-refractivity contribution is 7.86. The monoisotopic (exact) mass is 486 g/mol. The lowest BCUT2D eigenvalue weighted by Gasteiger charge is -2.37. The molecule has 1 aromatic heterocycles. The summed E-state index contributed by atoms with van der Waals surface area (Å²) in [6, 6.07) is 3.59. The molecule has 0 atom stereocenters. The number of rotatable bonds is 7. The lowest BCUT2D eigenvalue weighted by atomic mass is 10.1. The molecule has 0 aromatic carbocycles. The highest BCUT2D eigenvalue weighted by Crippen LogP contribution is 2.29. The van der Waals surface area contributed by atoms with Gasteiger partial charge < -0.3 is 28.4 Å². The van der Waals surface area contributed by atoms with Crippen LogP contribution < -0.4 is 0 Å². The van der Waals surface area contributed by atoms with E-state index in [1.165, 1.54) is 19.4 Å². The highest BCUT2D eigenvalue weighted by atomic mass is 32.2. The molecule has 0 spiro atoms. The first-order valence-corrected chi connectivity index (χ1v) is 11.7. The number of morpholine rings is 1. The van der Waals surface area contributed by atoms with E-state index >= 15 is 0 Å². The summed E-state index contributed by atoms with van der Waals surface area (Å²) < 4.78 is 76.4. The van der Waals surface area contributed by atoms with E-state index in [9.17, 15) is 18.3 Å². The minimum Gasteiger partial charge on any atom is -0.741 e. The van der Waals surface area contributed by atoms with Gasteiger partial charge in [0.2, 0.25) is 6.29 Å². The number of ether oxygens (including phenoxy) is 3. The predicted molar refractivity (Wildman–Crippen MR) is 105 cm³/mol. The van der Waals surface area contributed by atoms with Crippen molar-refractivity contribution in [2.75, 3.05) is 53.1 Å². The van der Waals surface area contributed by atoms with Gasteiger partial charge in [-0.25, -0.2) is 13.4 Å². The van der Waals surface area contributed by atoms with Crippen LogP contribution in [0.2, 0.25) is 0 Å². The largest absolute Gasteiger partial charge is 0.741 e. The fraction of sp³-hybridized carbons (Fsp3) is 0.737. The van der Waals surface area contributed by atoms with Gasteiger partial charge >= 0.3 is 5.51 Å². The van der Waals surface area contributed by atoms with Gasteiger partial charge in [0.05, 0.1) is 40.0 Å². The quantitative estimate of drug-likeness (QED) is 0.269. The molecule has 9 nitrogen and oxygen atoms in total. The average molecular weight is 487 g/mol. The number of alkyl halides is 3. The van der Waals surface area contributed by atoms with Crippen molar-refractivity contribution in [2.45, 2.75) is 37.5 Å². The molecule has 0 unspecified atom stereocenters. The van der Waals surface area contributed by atoms with Crippen molar-refractivity contribution in [3.63, 3.8) is 0 Å². The number of quaternary nitrogens is 1. The Labute approximate surface area is 185 Å². The lowest BCUT2D eigenvalue weighted by Crippen LogP contribution is -2.52. The number of nitrogens with zero attached hydrogens (tertiary/aromatic N) is 2. The van der Waals surface area contributed by atoms with Crippen LogP contribution in [-0.4, -0.2) is 86.2 Å². The van der Waals surface area contributed by atoms with Crippen molar-refractivity contribution in [3.05, 3.63) is 23.5 Å². The molecule has 0 amide bonds. The van der Waals surface area contributed by atoms with E-state index < -0.39 is 21.9 Å². The Morgan fingerprint density at radius 1 is 1.12 bits per heavy atom. The number of halogens is 3. The lowest BCUT2D eigenvalue weighted by molar-refractivity contribution is -0.917. The molecule has 184 valence electrons. The summed E-state index contributed by atoms with van der Waals surface area (Å²) in [5.74, 6) is 0.149. The number of aryl methyl sites for hydroxylation is 1. The molecule has 2 aliphatic heterocycles. The summed E-state index contributed by atoms with van der Waals surface area (Å²) >= 11 is 0. The normalized spacial score (nSPS) is 19.4. The van der Waals surface area contributed by atoms with Crippen LogP contribution in [0.25, 0.3) is 0 Å². The SMILES string of the molecule is C[N+]1(CCCCCc2ccc(O)c(C3OCCO3)n2)CCOCC1.O=S(=O)([O-])C(F)(F)F. The average Bonchev–Trinajstić information content (AvgIpc) is 3.23. The topological polar surface area (TPSA) is 118 Å². The molecule has 0 radical (unpaired) electrons. The Morgan fingerprint density at radius 3 is 2.28 bits per heavy atom. The van der Waals surface area contributed by atoms with E-state index in [4.69, 9.17) is 27.2 Å². The fourth-order valence-electron chi connectivity index (χ4n) is 3.32. The molecule has 0 bridgehead atoms. The molecule has 32 heavy (non-hydrogen) atoms. The molecule has 2 saturated heterocycles. The maximum absolute atomic E-state index is 10.7. The van der Waals surface area contributed by atoms with Crippen LogP contribution in [0.1, 0.15) is 36.9 Å². The van der Waals surface area contributed by atoms with Crippen molar-refractivity contribution in [1.29, 1.82) is 0 Å². The zero-order valence-electron chi connectivity index (χ0n) is 17.8. The van der Waals surface area contributed by atoms with E-state index in [2.05, 4.69) is 12.0 Å². The second-order valence-corrected chi connectivity index (χ2v) is 9.26. The third-order valence-corrected chi connectivity index (χ3v) is 5.84. The second-order valence-electron chi connectivity index (χ2n) is 7.89. The molecular weight excluding hydrogens is 457 g/mol. The van der Waals surface area contributed by atoms with Gasteiger partial charge in [-0.2, -0.15) is 13.2 Å². The first kappa shape index (κ1) is 26.7. The minimum absolute atomic E-state index is 0.149. The Balaban J connectivity index is 0.000000390. The summed E-state index contributed by atoms with van der Waals surface area (Å²) in [5.41, 5.74) is -4.14. The Morgan fingerprint density at radius 2 is 1.72 bits per heavy atom. The van der Waals surface area contributed by atoms with Gasteiger partial charge in [0.1, 0.15) is 24.5 Å². The Bertz CT molecular complexity index is 825. The number of aromatic hydroxyl groups is 1. The van der Waals surface area contributed by atoms with Crippen LogP contribution in [0.3, 0.4) is 0 Å². The van der Waals surface area contributed by atoms with E-state index in [0.29, 0.717) is 18.9 Å². The van der Waals surface area contributed by atoms with Gasteiger partial charge in [-0.15, -0.1) is 0 Å². The summed E-state index contributed by atoms with van der Waals surface area (Å²) in [7, 11) is -3.76. The number of unbranched alkanes of at least 4 members (excludes halogenated alkanes) is 2. The Hall–Kier alpha value is -1.51. The molecule has 1 aromatic rings. The molecule has 0 saturated carbocycles. The van der Waals surface area contributed by atoms with Gasteiger partial charge in [-0.1, -0.05) is 0 Å². The van der Waals surface area contributed by atoms with Crippen LogP contribution in [0, 0.1) is 0 Å². The van der Waals surface area contributed by atoms with Gasteiger partial charge in [0.25, 0.3) is 0 Å². The van der Waals surface area contributed by atoms with Gasteiger partial charge in [0.15, 0.2) is 10.1 Å². The maximum atomic E-state index is 10.7. The van der Waals surface area contributed by atoms with Crippen LogP contribution >= 0.6 is 0 Å². The second kappa shape index (κ2) is 11.6. The van der Waals surface area contributed by atoms with E-state index in [1.807, 2.05) is 6.07 Å². The summed E-state index contributed by atoms with van der Waals surface area (Å²) in [5, 5.41) is 9.94. The molecule has 0 aliphatic carbocycles. The van der Waals surface area contributed by atoms with Crippen LogP contribution in [0.15, 0.2) is 12.1 Å². The van der Waals surface area contributed by atoms with E-state index in [1.54, 1.807) is 6.07 Å². The number of hydrogen-bond acceptors (Lipinski definition) is 8. The smallest absolute Gasteiger partial charge is 0.485 e. The molecule has 2 aliphatic rings. The fourth-order valence-corrected chi connectivity index (χ4v) is 3.32. The summed E-state index contributed by atoms with van der Waals surface area (Å²) in [4.78, 5) is 4.53. The number of aromatic nitrogens is 1. The van der Waals surface area contributed by atoms with Gasteiger partial charge in [-0.3, -0.25) is 0 Å². The summed E-state index contributed by atoms with van der Waals surface area (Å²) in [6.45, 7) is 6.37. The van der Waals surface area contributed by atoms with E-state index in [-0.39, 0.29) is 5.75 Å². The van der Waals surface area contributed by atoms with Crippen molar-refractivity contribution in [3.8, 4) is 5.75 Å². The molecule has 3 heterocycles. The van der Waals surface area contributed by atoms with Crippen LogP contribution in [0.5, 0.6) is 5.75 Å². The third-order valence-electron chi connectivity index (χ3n) is 5.27.